The van der Waals surface area contributed by atoms with Gasteiger partial charge in [-0.15, -0.1) is 0 Å². The molecule has 0 spiro atoms. The van der Waals surface area contributed by atoms with Crippen LogP contribution in [-0.4, -0.2) is 12.6 Å². The molecule has 2 heteroatoms. The second-order valence-corrected chi connectivity index (χ2v) is 2.80. The van der Waals surface area contributed by atoms with Crippen LogP contribution in [0.1, 0.15) is 32.6 Å². The summed E-state index contributed by atoms with van der Waals surface area (Å²) in [5.74, 6) is 0.283. The summed E-state index contributed by atoms with van der Waals surface area (Å²) in [6.45, 7) is 2.71. The van der Waals surface area contributed by atoms with Crippen LogP contribution < -0.4 is 0 Å². The minimum atomic E-state index is 0.0217. The minimum absolute atomic E-state index is 0.0217. The fourth-order valence-corrected chi connectivity index (χ4v) is 0.754. The molecule has 0 bridgehead atoms. The molecule has 1 aliphatic carbocycles. The molecule has 1 fully saturated rings. The Morgan fingerprint density at radius 3 is 2.80 bits per heavy atom. The van der Waals surface area contributed by atoms with Gasteiger partial charge in [-0.1, -0.05) is 13.3 Å². The van der Waals surface area contributed by atoms with Gasteiger partial charge in [0.25, 0.3) is 0 Å². The van der Waals surface area contributed by atoms with Gasteiger partial charge >= 0.3 is 5.97 Å². The zero-order chi connectivity index (χ0) is 7.40. The molecule has 0 heterocycles. The number of ether oxygens (including phenoxy) is 1. The van der Waals surface area contributed by atoms with Crippen molar-refractivity contribution < 1.29 is 9.53 Å². The second kappa shape index (κ2) is 3.59. The van der Waals surface area contributed by atoms with Gasteiger partial charge in [-0.05, 0) is 19.3 Å². The predicted octanol–water partition coefficient (Wildman–Crippen LogP) is 1.74. The number of carbonyl (C=O) groups is 1. The van der Waals surface area contributed by atoms with Crippen LogP contribution in [0.4, 0.5) is 0 Å². The smallest absolute Gasteiger partial charge is 0.308 e. The van der Waals surface area contributed by atoms with Crippen LogP contribution >= 0.6 is 0 Å². The third kappa shape index (κ3) is 2.38. The van der Waals surface area contributed by atoms with E-state index in [9.17, 15) is 4.79 Å². The molecule has 10 heavy (non-hydrogen) atoms. The molecule has 0 saturated heterocycles. The van der Waals surface area contributed by atoms with Crippen molar-refractivity contribution >= 4 is 5.97 Å². The first-order valence-electron chi connectivity index (χ1n) is 4.01. The second-order valence-electron chi connectivity index (χ2n) is 2.80. The summed E-state index contributed by atoms with van der Waals surface area (Å²) in [6, 6.07) is 0. The van der Waals surface area contributed by atoms with E-state index >= 15 is 0 Å². The SMILES string of the molecule is CCCCOC(=O)C1CC1. The first-order chi connectivity index (χ1) is 4.84. The Hall–Kier alpha value is -0.530. The fourth-order valence-electron chi connectivity index (χ4n) is 0.754. The number of carbonyl (C=O) groups excluding carboxylic acids is 1. The Labute approximate surface area is 61.6 Å². The van der Waals surface area contributed by atoms with Crippen molar-refractivity contribution in [2.45, 2.75) is 32.6 Å². The monoisotopic (exact) mass is 142 g/mol. The summed E-state index contributed by atoms with van der Waals surface area (Å²) >= 11 is 0. The van der Waals surface area contributed by atoms with Crippen molar-refractivity contribution in [3.63, 3.8) is 0 Å². The first kappa shape index (κ1) is 7.58. The highest BCUT2D eigenvalue weighted by Gasteiger charge is 2.30. The maximum Gasteiger partial charge on any atom is 0.308 e. The van der Waals surface area contributed by atoms with Gasteiger partial charge in [0.2, 0.25) is 0 Å². The predicted molar refractivity (Wildman–Crippen MR) is 38.6 cm³/mol. The van der Waals surface area contributed by atoms with E-state index in [2.05, 4.69) is 6.92 Å². The maximum absolute atomic E-state index is 10.9. The summed E-state index contributed by atoms with van der Waals surface area (Å²) in [5, 5.41) is 0. The Balaban J connectivity index is 1.95. The lowest BCUT2D eigenvalue weighted by Crippen LogP contribution is -2.07. The highest BCUT2D eigenvalue weighted by Crippen LogP contribution is 2.29. The van der Waals surface area contributed by atoms with Gasteiger partial charge in [0.15, 0.2) is 0 Å². The van der Waals surface area contributed by atoms with E-state index in [-0.39, 0.29) is 11.9 Å². The molecule has 58 valence electrons. The zero-order valence-electron chi connectivity index (χ0n) is 6.43. The summed E-state index contributed by atoms with van der Waals surface area (Å²) in [5.41, 5.74) is 0. The van der Waals surface area contributed by atoms with Crippen LogP contribution in [0.3, 0.4) is 0 Å². The largest absolute Gasteiger partial charge is 0.465 e. The Morgan fingerprint density at radius 2 is 2.30 bits per heavy atom. The maximum atomic E-state index is 10.9. The molecular weight excluding hydrogens is 128 g/mol. The first-order valence-corrected chi connectivity index (χ1v) is 4.01. The van der Waals surface area contributed by atoms with Gasteiger partial charge in [0.1, 0.15) is 0 Å². The van der Waals surface area contributed by atoms with Gasteiger partial charge in [-0.3, -0.25) is 4.79 Å². The van der Waals surface area contributed by atoms with Crippen molar-refractivity contribution in [3.8, 4) is 0 Å². The van der Waals surface area contributed by atoms with E-state index < -0.39 is 0 Å². The van der Waals surface area contributed by atoms with Gasteiger partial charge in [0.05, 0.1) is 12.5 Å². The lowest BCUT2D eigenvalue weighted by atomic mass is 10.3. The Morgan fingerprint density at radius 1 is 1.60 bits per heavy atom. The summed E-state index contributed by atoms with van der Waals surface area (Å²) in [6.07, 6.45) is 4.19. The highest BCUT2D eigenvalue weighted by atomic mass is 16.5. The zero-order valence-corrected chi connectivity index (χ0v) is 6.43. The topological polar surface area (TPSA) is 26.3 Å². The van der Waals surface area contributed by atoms with Crippen molar-refractivity contribution in [1.29, 1.82) is 0 Å². The quantitative estimate of drug-likeness (QED) is 0.441. The molecule has 0 N–H and O–H groups in total. The Kier molecular flexibility index (Phi) is 2.72. The molecule has 0 aromatic carbocycles. The highest BCUT2D eigenvalue weighted by molar-refractivity contribution is 5.74. The molecular formula is C8H14O2. The molecule has 0 aromatic heterocycles. The van der Waals surface area contributed by atoms with Crippen LogP contribution in [0, 0.1) is 5.92 Å². The van der Waals surface area contributed by atoms with Crippen LogP contribution in [0.15, 0.2) is 0 Å². The average molecular weight is 142 g/mol. The van der Waals surface area contributed by atoms with Crippen LogP contribution in [0.5, 0.6) is 0 Å². The number of hydrogen-bond donors (Lipinski definition) is 0. The van der Waals surface area contributed by atoms with Crippen molar-refractivity contribution in [2.24, 2.45) is 5.92 Å². The van der Waals surface area contributed by atoms with E-state index in [0.717, 1.165) is 25.7 Å². The molecule has 0 amide bonds. The standard InChI is InChI=1S/C8H14O2/c1-2-3-6-10-8(9)7-4-5-7/h7H,2-6H2,1H3. The van der Waals surface area contributed by atoms with E-state index in [1.165, 1.54) is 0 Å². The number of hydrogen-bond acceptors (Lipinski definition) is 2. The van der Waals surface area contributed by atoms with Gasteiger partial charge < -0.3 is 4.74 Å². The molecule has 1 rings (SSSR count). The summed E-state index contributed by atoms with van der Waals surface area (Å²) in [7, 11) is 0. The minimum Gasteiger partial charge on any atom is -0.465 e. The molecule has 0 unspecified atom stereocenters. The van der Waals surface area contributed by atoms with Crippen molar-refractivity contribution in [2.75, 3.05) is 6.61 Å². The molecule has 0 aliphatic heterocycles. The molecule has 1 aliphatic rings. The van der Waals surface area contributed by atoms with Crippen LogP contribution in [-0.2, 0) is 9.53 Å². The lowest BCUT2D eigenvalue weighted by molar-refractivity contribution is -0.145. The average Bonchev–Trinajstić information content (AvgIpc) is 2.69. The summed E-state index contributed by atoms with van der Waals surface area (Å²) in [4.78, 5) is 10.9. The third-order valence-electron chi connectivity index (χ3n) is 1.65. The van der Waals surface area contributed by atoms with Gasteiger partial charge in [-0.25, -0.2) is 0 Å². The van der Waals surface area contributed by atoms with Crippen LogP contribution in [0.25, 0.3) is 0 Å². The Bertz CT molecular complexity index is 116. The molecule has 1 saturated carbocycles. The normalized spacial score (nSPS) is 16.9. The summed E-state index contributed by atoms with van der Waals surface area (Å²) < 4.78 is 4.97. The number of unbranched alkanes of at least 4 members (excludes halogenated alkanes) is 1. The third-order valence-corrected chi connectivity index (χ3v) is 1.65. The van der Waals surface area contributed by atoms with E-state index in [0.29, 0.717) is 6.61 Å². The molecule has 0 aromatic rings. The van der Waals surface area contributed by atoms with Crippen LogP contribution in [0.2, 0.25) is 0 Å². The molecule has 0 atom stereocenters. The van der Waals surface area contributed by atoms with Gasteiger partial charge in [0, 0.05) is 0 Å². The lowest BCUT2D eigenvalue weighted by Gasteiger charge is -2.00. The van der Waals surface area contributed by atoms with E-state index in [1.54, 1.807) is 0 Å². The molecule has 0 radical (unpaired) electrons. The van der Waals surface area contributed by atoms with Gasteiger partial charge in [-0.2, -0.15) is 0 Å². The van der Waals surface area contributed by atoms with E-state index in [1.807, 2.05) is 0 Å². The fraction of sp³-hybridized carbons (Fsp3) is 0.875. The van der Waals surface area contributed by atoms with Crippen molar-refractivity contribution in [3.05, 3.63) is 0 Å². The van der Waals surface area contributed by atoms with E-state index in [4.69, 9.17) is 4.74 Å². The number of rotatable bonds is 4. The van der Waals surface area contributed by atoms with Crippen molar-refractivity contribution in [1.82, 2.24) is 0 Å². The molecule has 2 nitrogen and oxygen atoms in total. The number of esters is 1.